The van der Waals surface area contributed by atoms with Crippen LogP contribution in [0.1, 0.15) is 12.0 Å². The Kier molecular flexibility index (Phi) is 4.49. The van der Waals surface area contributed by atoms with Gasteiger partial charge in [-0.15, -0.1) is 0 Å². The number of hydrogen-bond acceptors (Lipinski definition) is 3. The smallest absolute Gasteiger partial charge is 0.306 e. The molecule has 0 atom stereocenters. The molecule has 98 valence electrons. The average molecular weight is 265 g/mol. The lowest BCUT2D eigenvalue weighted by molar-refractivity contribution is 0.340. The molecule has 0 unspecified atom stereocenters. The van der Waals surface area contributed by atoms with Crippen LogP contribution in [0.3, 0.4) is 0 Å². The number of fused-ring (bicyclic) bond motifs is 1. The van der Waals surface area contributed by atoms with Crippen LogP contribution in [0.25, 0.3) is 11.0 Å². The molecule has 1 aromatic carbocycles. The summed E-state index contributed by atoms with van der Waals surface area (Å²) in [6, 6.07) is 6.06. The third-order valence-corrected chi connectivity index (χ3v) is 3.38. The monoisotopic (exact) mass is 265 g/mol. The molecule has 0 saturated heterocycles. The molecule has 1 aromatic heterocycles. The van der Waals surface area contributed by atoms with Crippen LogP contribution in [0.15, 0.2) is 23.0 Å². The van der Waals surface area contributed by atoms with Gasteiger partial charge in [-0.3, -0.25) is 0 Å². The van der Waals surface area contributed by atoms with E-state index in [1.165, 1.54) is 5.56 Å². The first-order valence-electron chi connectivity index (χ1n) is 6.19. The highest BCUT2D eigenvalue weighted by molar-refractivity contribution is 7.80. The molecule has 4 nitrogen and oxygen atoms in total. The van der Waals surface area contributed by atoms with Crippen LogP contribution in [0.2, 0.25) is 0 Å². The van der Waals surface area contributed by atoms with Crippen molar-refractivity contribution in [1.29, 1.82) is 0 Å². The number of nitrogens with one attached hydrogen (secondary N) is 2. The lowest BCUT2D eigenvalue weighted by Gasteiger charge is -2.15. The molecule has 0 aliphatic rings. The number of hydrogen-bond donors (Lipinski definition) is 3. The van der Waals surface area contributed by atoms with Crippen molar-refractivity contribution in [3.8, 4) is 0 Å². The Hall–Kier alpha value is -1.20. The maximum absolute atomic E-state index is 11.2. The Balaban J connectivity index is 1.97. The lowest BCUT2D eigenvalue weighted by Crippen LogP contribution is -2.22. The number of likely N-dealkylation sites (N-methyl/N-ethyl adjacent to an activating group) is 1. The third-order valence-electron chi connectivity index (χ3n) is 3.06. The van der Waals surface area contributed by atoms with Gasteiger partial charge in [0.15, 0.2) is 0 Å². The van der Waals surface area contributed by atoms with E-state index in [1.807, 2.05) is 12.1 Å². The molecule has 0 radical (unpaired) electrons. The molecule has 2 rings (SSSR count). The summed E-state index contributed by atoms with van der Waals surface area (Å²) in [5, 5.41) is 0. The predicted octanol–water partition coefficient (Wildman–Crippen LogP) is 1.65. The molecular weight excluding hydrogens is 246 g/mol. The standard InChI is InChI=1S/C13H19N3OS/c1-16(6-2-8-18)7-5-10-3-4-11-12(9-10)15-13(17)14-11/h3-4,9,18H,2,5-8H2,1H3,(H2,14,15,17). The fourth-order valence-electron chi connectivity index (χ4n) is 2.01. The first-order chi connectivity index (χ1) is 8.69. The minimum Gasteiger partial charge on any atom is -0.306 e. The summed E-state index contributed by atoms with van der Waals surface area (Å²) >= 11 is 4.21. The first-order valence-corrected chi connectivity index (χ1v) is 6.82. The van der Waals surface area contributed by atoms with E-state index in [0.717, 1.165) is 42.7 Å². The normalized spacial score (nSPS) is 11.5. The second kappa shape index (κ2) is 6.11. The van der Waals surface area contributed by atoms with Gasteiger partial charge in [-0.1, -0.05) is 6.07 Å². The van der Waals surface area contributed by atoms with Crippen LogP contribution >= 0.6 is 12.6 Å². The van der Waals surface area contributed by atoms with Crippen LogP contribution in [-0.2, 0) is 6.42 Å². The number of imidazole rings is 1. The molecule has 0 spiro atoms. The largest absolute Gasteiger partial charge is 0.323 e. The minimum absolute atomic E-state index is 0.145. The molecule has 0 amide bonds. The van der Waals surface area contributed by atoms with Gasteiger partial charge in [0, 0.05) is 6.54 Å². The van der Waals surface area contributed by atoms with Crippen LogP contribution in [0, 0.1) is 0 Å². The van der Waals surface area contributed by atoms with Gasteiger partial charge >= 0.3 is 5.69 Å². The van der Waals surface area contributed by atoms with Crippen molar-refractivity contribution < 1.29 is 0 Å². The zero-order valence-electron chi connectivity index (χ0n) is 10.6. The Morgan fingerprint density at radius 1 is 1.22 bits per heavy atom. The number of rotatable bonds is 6. The van der Waals surface area contributed by atoms with Crippen molar-refractivity contribution in [2.75, 3.05) is 25.9 Å². The number of aromatic amines is 2. The second-order valence-electron chi connectivity index (χ2n) is 4.59. The van der Waals surface area contributed by atoms with Crippen LogP contribution in [0.5, 0.6) is 0 Å². The van der Waals surface area contributed by atoms with Gasteiger partial charge < -0.3 is 14.9 Å². The zero-order valence-corrected chi connectivity index (χ0v) is 11.5. The molecular formula is C13H19N3OS. The van der Waals surface area contributed by atoms with Crippen LogP contribution in [0.4, 0.5) is 0 Å². The Labute approximate surface area is 112 Å². The highest BCUT2D eigenvalue weighted by atomic mass is 32.1. The Morgan fingerprint density at radius 2 is 2.00 bits per heavy atom. The van der Waals surface area contributed by atoms with Crippen molar-refractivity contribution >= 4 is 23.7 Å². The van der Waals surface area contributed by atoms with Gasteiger partial charge in [-0.05, 0) is 49.9 Å². The maximum atomic E-state index is 11.2. The molecule has 5 heteroatoms. The highest BCUT2D eigenvalue weighted by Gasteiger charge is 2.02. The van der Waals surface area contributed by atoms with Gasteiger partial charge in [0.1, 0.15) is 0 Å². The molecule has 0 fully saturated rings. The lowest BCUT2D eigenvalue weighted by atomic mass is 10.1. The van der Waals surface area contributed by atoms with Gasteiger partial charge in [0.2, 0.25) is 0 Å². The second-order valence-corrected chi connectivity index (χ2v) is 5.04. The van der Waals surface area contributed by atoms with E-state index in [4.69, 9.17) is 0 Å². The van der Waals surface area contributed by atoms with Gasteiger partial charge in [-0.25, -0.2) is 4.79 Å². The minimum atomic E-state index is -0.145. The van der Waals surface area contributed by atoms with Crippen molar-refractivity contribution in [3.63, 3.8) is 0 Å². The molecule has 0 aliphatic carbocycles. The summed E-state index contributed by atoms with van der Waals surface area (Å²) in [7, 11) is 2.13. The molecule has 0 bridgehead atoms. The van der Waals surface area contributed by atoms with E-state index in [-0.39, 0.29) is 5.69 Å². The molecule has 2 aromatic rings. The molecule has 18 heavy (non-hydrogen) atoms. The van der Waals surface area contributed by atoms with Crippen LogP contribution in [-0.4, -0.2) is 40.8 Å². The molecule has 1 heterocycles. The van der Waals surface area contributed by atoms with Crippen molar-refractivity contribution in [2.45, 2.75) is 12.8 Å². The predicted molar refractivity (Wildman–Crippen MR) is 78.6 cm³/mol. The van der Waals surface area contributed by atoms with E-state index in [9.17, 15) is 4.79 Å². The number of aromatic nitrogens is 2. The number of nitrogens with zero attached hydrogens (tertiary/aromatic N) is 1. The van der Waals surface area contributed by atoms with Gasteiger partial charge in [0.05, 0.1) is 11.0 Å². The fourth-order valence-corrected chi connectivity index (χ4v) is 2.15. The Bertz CT molecular complexity index is 561. The summed E-state index contributed by atoms with van der Waals surface area (Å²) in [5.41, 5.74) is 2.85. The fraction of sp³-hybridized carbons (Fsp3) is 0.462. The van der Waals surface area contributed by atoms with Crippen molar-refractivity contribution in [1.82, 2.24) is 14.9 Å². The number of H-pyrrole nitrogens is 2. The van der Waals surface area contributed by atoms with Gasteiger partial charge in [-0.2, -0.15) is 12.6 Å². The van der Waals surface area contributed by atoms with Crippen molar-refractivity contribution in [3.05, 3.63) is 34.2 Å². The molecule has 0 aliphatic heterocycles. The number of thiol groups is 1. The maximum Gasteiger partial charge on any atom is 0.323 e. The van der Waals surface area contributed by atoms with E-state index in [0.29, 0.717) is 0 Å². The average Bonchev–Trinajstić information content (AvgIpc) is 2.73. The van der Waals surface area contributed by atoms with E-state index >= 15 is 0 Å². The van der Waals surface area contributed by atoms with E-state index in [1.54, 1.807) is 0 Å². The topological polar surface area (TPSA) is 51.9 Å². The van der Waals surface area contributed by atoms with Gasteiger partial charge in [0.25, 0.3) is 0 Å². The van der Waals surface area contributed by atoms with Crippen LogP contribution < -0.4 is 5.69 Å². The molecule has 2 N–H and O–H groups in total. The summed E-state index contributed by atoms with van der Waals surface area (Å²) in [6.45, 7) is 2.10. The van der Waals surface area contributed by atoms with E-state index in [2.05, 4.69) is 40.6 Å². The number of benzene rings is 1. The summed E-state index contributed by atoms with van der Waals surface area (Å²) in [4.78, 5) is 19.0. The first kappa shape index (κ1) is 13.2. The SMILES string of the molecule is CN(CCCS)CCc1ccc2[nH]c(=O)[nH]c2c1. The molecule has 0 saturated carbocycles. The summed E-state index contributed by atoms with van der Waals surface area (Å²) in [5.74, 6) is 0.931. The summed E-state index contributed by atoms with van der Waals surface area (Å²) in [6.07, 6.45) is 2.11. The Morgan fingerprint density at radius 3 is 2.78 bits per heavy atom. The third kappa shape index (κ3) is 3.40. The zero-order chi connectivity index (χ0) is 13.0. The highest BCUT2D eigenvalue weighted by Crippen LogP contribution is 2.11. The quantitative estimate of drug-likeness (QED) is 0.696. The van der Waals surface area contributed by atoms with Crippen molar-refractivity contribution in [2.24, 2.45) is 0 Å². The summed E-state index contributed by atoms with van der Waals surface area (Å²) < 4.78 is 0. The van der Waals surface area contributed by atoms with E-state index < -0.39 is 0 Å².